The summed E-state index contributed by atoms with van der Waals surface area (Å²) in [6, 6.07) is 4.49. The Morgan fingerprint density at radius 1 is 1.47 bits per heavy atom. The van der Waals surface area contributed by atoms with Crippen LogP contribution >= 0.6 is 0 Å². The fourth-order valence-corrected chi connectivity index (χ4v) is 2.69. The lowest BCUT2D eigenvalue weighted by atomic mass is 10.0. The third-order valence-corrected chi connectivity index (χ3v) is 3.68. The maximum atomic E-state index is 5.92. The smallest absolute Gasteiger partial charge is 0.239 e. The fraction of sp³-hybridized carbons (Fsp3) is 0.667. The average Bonchev–Trinajstić information content (AvgIpc) is 2.87. The van der Waals surface area contributed by atoms with Gasteiger partial charge in [-0.3, -0.25) is 0 Å². The summed E-state index contributed by atoms with van der Waals surface area (Å²) in [7, 11) is 0. The van der Waals surface area contributed by atoms with Crippen molar-refractivity contribution in [3.8, 4) is 5.88 Å². The number of pyridine rings is 1. The van der Waals surface area contributed by atoms with Crippen LogP contribution in [-0.4, -0.2) is 24.2 Å². The van der Waals surface area contributed by atoms with Crippen LogP contribution in [0.15, 0.2) is 12.1 Å². The standard InChI is InChI=1S/C15H25N3O/c1-4-10-19-15-12(16)7-8-14(17-15)18-9-5-6-13(18)11(2)3/h7-8,11,13H,4-6,9-10,16H2,1-3H3. The van der Waals surface area contributed by atoms with E-state index in [2.05, 4.69) is 30.7 Å². The number of aromatic nitrogens is 1. The zero-order chi connectivity index (χ0) is 13.8. The molecule has 1 fully saturated rings. The maximum absolute atomic E-state index is 5.92. The molecule has 0 amide bonds. The van der Waals surface area contributed by atoms with Crippen molar-refractivity contribution in [2.24, 2.45) is 5.92 Å². The summed E-state index contributed by atoms with van der Waals surface area (Å²) < 4.78 is 5.62. The lowest BCUT2D eigenvalue weighted by Gasteiger charge is -2.29. The van der Waals surface area contributed by atoms with Crippen LogP contribution in [0.3, 0.4) is 0 Å². The van der Waals surface area contributed by atoms with Crippen molar-refractivity contribution in [3.63, 3.8) is 0 Å². The van der Waals surface area contributed by atoms with Gasteiger partial charge in [-0.05, 0) is 37.3 Å². The number of anilines is 2. The van der Waals surface area contributed by atoms with Gasteiger partial charge in [-0.1, -0.05) is 20.8 Å². The number of nitrogens with zero attached hydrogens (tertiary/aromatic N) is 2. The van der Waals surface area contributed by atoms with Crippen molar-refractivity contribution in [2.45, 2.75) is 46.1 Å². The van der Waals surface area contributed by atoms with Crippen LogP contribution < -0.4 is 15.4 Å². The van der Waals surface area contributed by atoms with Gasteiger partial charge in [0.25, 0.3) is 0 Å². The predicted octanol–water partition coefficient (Wildman–Crippen LogP) is 3.08. The van der Waals surface area contributed by atoms with Crippen LogP contribution in [0.25, 0.3) is 0 Å². The van der Waals surface area contributed by atoms with Gasteiger partial charge in [0.15, 0.2) is 0 Å². The Hall–Kier alpha value is -1.45. The lowest BCUT2D eigenvalue weighted by Crippen LogP contribution is -2.34. The quantitative estimate of drug-likeness (QED) is 0.887. The topological polar surface area (TPSA) is 51.4 Å². The average molecular weight is 263 g/mol. The number of rotatable bonds is 5. The van der Waals surface area contributed by atoms with E-state index in [4.69, 9.17) is 10.5 Å². The summed E-state index contributed by atoms with van der Waals surface area (Å²) in [5, 5.41) is 0. The zero-order valence-corrected chi connectivity index (χ0v) is 12.2. The Labute approximate surface area is 116 Å². The molecule has 0 spiro atoms. The second-order valence-electron chi connectivity index (χ2n) is 5.56. The van der Waals surface area contributed by atoms with Crippen molar-refractivity contribution < 1.29 is 4.74 Å². The summed E-state index contributed by atoms with van der Waals surface area (Å²) >= 11 is 0. The largest absolute Gasteiger partial charge is 0.476 e. The second-order valence-corrected chi connectivity index (χ2v) is 5.56. The molecular weight excluding hydrogens is 238 g/mol. The molecular formula is C15H25N3O. The molecule has 1 atom stereocenters. The first kappa shape index (κ1) is 14.0. The molecule has 0 radical (unpaired) electrons. The van der Waals surface area contributed by atoms with E-state index < -0.39 is 0 Å². The summed E-state index contributed by atoms with van der Waals surface area (Å²) in [5.74, 6) is 2.21. The lowest BCUT2D eigenvalue weighted by molar-refractivity contribution is 0.307. The molecule has 1 saturated heterocycles. The van der Waals surface area contributed by atoms with Crippen molar-refractivity contribution >= 4 is 11.5 Å². The summed E-state index contributed by atoms with van der Waals surface area (Å²) in [5.41, 5.74) is 6.54. The van der Waals surface area contributed by atoms with Gasteiger partial charge in [0.2, 0.25) is 5.88 Å². The second kappa shape index (κ2) is 6.13. The first-order chi connectivity index (χ1) is 9.13. The summed E-state index contributed by atoms with van der Waals surface area (Å²) in [6.45, 7) is 8.36. The maximum Gasteiger partial charge on any atom is 0.239 e. The molecule has 4 heteroatoms. The first-order valence-corrected chi connectivity index (χ1v) is 7.29. The third kappa shape index (κ3) is 3.11. The minimum Gasteiger partial charge on any atom is -0.476 e. The van der Waals surface area contributed by atoms with E-state index in [9.17, 15) is 0 Å². The van der Waals surface area contributed by atoms with Gasteiger partial charge in [0.1, 0.15) is 5.82 Å². The molecule has 0 saturated carbocycles. The highest BCUT2D eigenvalue weighted by Gasteiger charge is 2.28. The molecule has 19 heavy (non-hydrogen) atoms. The van der Waals surface area contributed by atoms with Gasteiger partial charge >= 0.3 is 0 Å². The molecule has 1 aromatic rings. The van der Waals surface area contributed by atoms with Gasteiger partial charge in [0, 0.05) is 12.6 Å². The third-order valence-electron chi connectivity index (χ3n) is 3.68. The minimum atomic E-state index is 0.578. The highest BCUT2D eigenvalue weighted by Crippen LogP contribution is 2.31. The van der Waals surface area contributed by atoms with Crippen molar-refractivity contribution in [1.29, 1.82) is 0 Å². The Bertz CT molecular complexity index is 420. The van der Waals surface area contributed by atoms with Gasteiger partial charge in [-0.25, -0.2) is 0 Å². The molecule has 1 aliphatic rings. The molecule has 106 valence electrons. The SMILES string of the molecule is CCCOc1nc(N2CCCC2C(C)C)ccc1N. The Morgan fingerprint density at radius 3 is 2.95 bits per heavy atom. The first-order valence-electron chi connectivity index (χ1n) is 7.29. The van der Waals surface area contributed by atoms with E-state index in [1.807, 2.05) is 12.1 Å². The molecule has 1 aliphatic heterocycles. The minimum absolute atomic E-state index is 0.578. The van der Waals surface area contributed by atoms with E-state index in [-0.39, 0.29) is 0 Å². The molecule has 2 N–H and O–H groups in total. The van der Waals surface area contributed by atoms with Crippen LogP contribution in [0.2, 0.25) is 0 Å². The molecule has 0 bridgehead atoms. The highest BCUT2D eigenvalue weighted by atomic mass is 16.5. The molecule has 4 nitrogen and oxygen atoms in total. The number of hydrogen-bond acceptors (Lipinski definition) is 4. The molecule has 1 aromatic heterocycles. The van der Waals surface area contributed by atoms with E-state index >= 15 is 0 Å². The number of nitrogen functional groups attached to an aromatic ring is 1. The molecule has 2 heterocycles. The van der Waals surface area contributed by atoms with Crippen LogP contribution in [0.4, 0.5) is 11.5 Å². The summed E-state index contributed by atoms with van der Waals surface area (Å²) in [6.07, 6.45) is 3.44. The van der Waals surface area contributed by atoms with Gasteiger partial charge in [-0.15, -0.1) is 0 Å². The van der Waals surface area contributed by atoms with Crippen LogP contribution in [0.5, 0.6) is 5.88 Å². The Kier molecular flexibility index (Phi) is 4.51. The number of nitrogens with two attached hydrogens (primary N) is 1. The highest BCUT2D eigenvalue weighted by molar-refractivity contribution is 5.55. The monoisotopic (exact) mass is 263 g/mol. The number of ether oxygens (including phenoxy) is 1. The Morgan fingerprint density at radius 2 is 2.26 bits per heavy atom. The molecule has 0 aromatic carbocycles. The van der Waals surface area contributed by atoms with Crippen LogP contribution in [-0.2, 0) is 0 Å². The van der Waals surface area contributed by atoms with Crippen molar-refractivity contribution in [3.05, 3.63) is 12.1 Å². The number of hydrogen-bond donors (Lipinski definition) is 1. The van der Waals surface area contributed by atoms with Crippen LogP contribution in [0.1, 0.15) is 40.0 Å². The van der Waals surface area contributed by atoms with E-state index in [0.29, 0.717) is 30.1 Å². The molecule has 1 unspecified atom stereocenters. The Balaban J connectivity index is 2.20. The van der Waals surface area contributed by atoms with Gasteiger partial charge in [-0.2, -0.15) is 4.98 Å². The molecule has 0 aliphatic carbocycles. The van der Waals surface area contributed by atoms with E-state index in [0.717, 1.165) is 18.8 Å². The normalized spacial score (nSPS) is 19.2. The van der Waals surface area contributed by atoms with Crippen LogP contribution in [0, 0.1) is 5.92 Å². The zero-order valence-electron chi connectivity index (χ0n) is 12.2. The summed E-state index contributed by atoms with van der Waals surface area (Å²) in [4.78, 5) is 6.99. The van der Waals surface area contributed by atoms with E-state index in [1.165, 1.54) is 12.8 Å². The van der Waals surface area contributed by atoms with Gasteiger partial charge < -0.3 is 15.4 Å². The predicted molar refractivity (Wildman–Crippen MR) is 79.6 cm³/mol. The fourth-order valence-electron chi connectivity index (χ4n) is 2.69. The van der Waals surface area contributed by atoms with Crippen molar-refractivity contribution in [2.75, 3.05) is 23.8 Å². The van der Waals surface area contributed by atoms with E-state index in [1.54, 1.807) is 0 Å². The van der Waals surface area contributed by atoms with Gasteiger partial charge in [0.05, 0.1) is 12.3 Å². The molecule has 2 rings (SSSR count). The van der Waals surface area contributed by atoms with Crippen molar-refractivity contribution in [1.82, 2.24) is 4.98 Å².